The third kappa shape index (κ3) is 5.13. The Labute approximate surface area is 120 Å². The second-order valence-electron chi connectivity index (χ2n) is 4.79. The van der Waals surface area contributed by atoms with Crippen LogP contribution in [0.1, 0.15) is 31.4 Å². The van der Waals surface area contributed by atoms with Gasteiger partial charge in [-0.05, 0) is 26.1 Å². The highest BCUT2D eigenvalue weighted by Gasteiger charge is 2.27. The first-order chi connectivity index (χ1) is 9.10. The van der Waals surface area contributed by atoms with Gasteiger partial charge in [0.2, 0.25) is 0 Å². The molecule has 112 valence electrons. The topological polar surface area (TPSA) is 29.5 Å². The van der Waals surface area contributed by atoms with E-state index in [-0.39, 0.29) is 22.8 Å². The van der Waals surface area contributed by atoms with Crippen LogP contribution in [0, 0.1) is 0 Å². The molecule has 3 nitrogen and oxygen atoms in total. The lowest BCUT2D eigenvalue weighted by molar-refractivity contribution is -0.146. The summed E-state index contributed by atoms with van der Waals surface area (Å²) in [5.74, 6) is -0.360. The molecular weight excluding hydrogens is 257 g/mol. The molecule has 0 N–H and O–H groups in total. The van der Waals surface area contributed by atoms with Gasteiger partial charge in [-0.15, -0.1) is 0 Å². The highest BCUT2D eigenvalue weighted by Crippen LogP contribution is 2.27. The van der Waals surface area contributed by atoms with Gasteiger partial charge in [0.05, 0.1) is 6.04 Å². The quantitative estimate of drug-likeness (QED) is 0.567. The molecule has 0 aliphatic heterocycles. The third-order valence-electron chi connectivity index (χ3n) is 3.06. The Morgan fingerprint density at radius 3 is 2.40 bits per heavy atom. The van der Waals surface area contributed by atoms with Gasteiger partial charge in [-0.25, -0.2) is 4.79 Å². The van der Waals surface area contributed by atoms with Crippen molar-refractivity contribution in [3.05, 3.63) is 48.6 Å². The summed E-state index contributed by atoms with van der Waals surface area (Å²) >= 11 is 0. The summed E-state index contributed by atoms with van der Waals surface area (Å²) in [5, 5.41) is 0. The molecule has 1 rings (SSSR count). The number of benzene rings is 1. The Bertz CT molecular complexity index is 406. The van der Waals surface area contributed by atoms with E-state index in [1.165, 1.54) is 6.08 Å². The fourth-order valence-electron chi connectivity index (χ4n) is 2.26. The van der Waals surface area contributed by atoms with E-state index in [1.54, 1.807) is 0 Å². The minimum Gasteiger partial charge on any atom is -0.457 e. The number of likely N-dealkylation sites (N-methyl/N-ethyl adjacent to an activating group) is 1. The van der Waals surface area contributed by atoms with Crippen molar-refractivity contribution in [1.29, 1.82) is 0 Å². The maximum atomic E-state index is 11.5. The molecule has 0 bridgehead atoms. The molecule has 1 aromatic carbocycles. The SMILES string of the molecule is C=CC(=O)OC(CCC)C(c1ccccc1)N(C)C.F. The summed E-state index contributed by atoms with van der Waals surface area (Å²) in [6.07, 6.45) is 2.86. The number of carbonyl (C=O) groups excluding carboxylic acids is 1. The average molecular weight is 281 g/mol. The smallest absolute Gasteiger partial charge is 0.330 e. The molecule has 0 saturated carbocycles. The van der Waals surface area contributed by atoms with Crippen molar-refractivity contribution < 1.29 is 14.2 Å². The van der Waals surface area contributed by atoms with Gasteiger partial charge in [0.1, 0.15) is 6.10 Å². The molecule has 0 heterocycles. The lowest BCUT2D eigenvalue weighted by Crippen LogP contribution is -2.34. The van der Waals surface area contributed by atoms with Crippen molar-refractivity contribution in [1.82, 2.24) is 4.90 Å². The van der Waals surface area contributed by atoms with Crippen LogP contribution in [0.2, 0.25) is 0 Å². The molecule has 0 spiro atoms. The summed E-state index contributed by atoms with van der Waals surface area (Å²) in [4.78, 5) is 13.6. The molecule has 20 heavy (non-hydrogen) atoms. The molecule has 0 amide bonds. The van der Waals surface area contributed by atoms with Crippen molar-refractivity contribution in [2.75, 3.05) is 14.1 Å². The van der Waals surface area contributed by atoms with Crippen LogP contribution >= 0.6 is 0 Å². The van der Waals surface area contributed by atoms with E-state index in [1.807, 2.05) is 32.3 Å². The summed E-state index contributed by atoms with van der Waals surface area (Å²) < 4.78 is 5.52. The number of ether oxygens (including phenoxy) is 1. The monoisotopic (exact) mass is 281 g/mol. The van der Waals surface area contributed by atoms with E-state index in [0.717, 1.165) is 18.4 Å². The van der Waals surface area contributed by atoms with E-state index in [2.05, 4.69) is 30.5 Å². The minimum atomic E-state index is -0.360. The molecule has 2 atom stereocenters. The van der Waals surface area contributed by atoms with E-state index in [9.17, 15) is 4.79 Å². The number of nitrogens with zero attached hydrogens (tertiary/aromatic N) is 1. The maximum Gasteiger partial charge on any atom is 0.330 e. The van der Waals surface area contributed by atoms with Crippen LogP contribution in [0.15, 0.2) is 43.0 Å². The maximum absolute atomic E-state index is 11.5. The normalized spacial score (nSPS) is 13.2. The lowest BCUT2D eigenvalue weighted by atomic mass is 9.97. The first-order valence-electron chi connectivity index (χ1n) is 6.64. The van der Waals surface area contributed by atoms with Crippen LogP contribution in [-0.4, -0.2) is 31.1 Å². The zero-order valence-electron chi connectivity index (χ0n) is 12.4. The molecule has 0 radical (unpaired) electrons. The predicted octanol–water partition coefficient (Wildman–Crippen LogP) is 3.34. The number of esters is 1. The zero-order chi connectivity index (χ0) is 14.3. The summed E-state index contributed by atoms with van der Waals surface area (Å²) in [6, 6.07) is 10.2. The number of rotatable bonds is 7. The molecule has 4 heteroatoms. The van der Waals surface area contributed by atoms with Gasteiger partial charge in [0, 0.05) is 6.08 Å². The molecule has 1 aromatic rings. The largest absolute Gasteiger partial charge is 0.457 e. The molecule has 0 aromatic heterocycles. The van der Waals surface area contributed by atoms with Crippen LogP contribution in [0.3, 0.4) is 0 Å². The second kappa shape index (κ2) is 9.26. The highest BCUT2D eigenvalue weighted by molar-refractivity contribution is 5.81. The van der Waals surface area contributed by atoms with E-state index in [0.29, 0.717) is 0 Å². The molecule has 2 unspecified atom stereocenters. The van der Waals surface area contributed by atoms with E-state index < -0.39 is 0 Å². The predicted molar refractivity (Wildman–Crippen MR) is 80.4 cm³/mol. The van der Waals surface area contributed by atoms with Gasteiger partial charge < -0.3 is 4.74 Å². The molecular formula is C16H24FNO2. The first-order valence-corrected chi connectivity index (χ1v) is 6.64. The van der Waals surface area contributed by atoms with Crippen molar-refractivity contribution >= 4 is 5.97 Å². The number of hydrogen-bond donors (Lipinski definition) is 0. The van der Waals surface area contributed by atoms with Crippen LogP contribution in [-0.2, 0) is 9.53 Å². The zero-order valence-corrected chi connectivity index (χ0v) is 12.4. The van der Waals surface area contributed by atoms with E-state index >= 15 is 0 Å². The van der Waals surface area contributed by atoms with Gasteiger partial charge in [-0.1, -0.05) is 50.3 Å². The van der Waals surface area contributed by atoms with Crippen LogP contribution in [0.25, 0.3) is 0 Å². The molecule has 0 fully saturated rings. The summed E-state index contributed by atoms with van der Waals surface area (Å²) in [7, 11) is 4.00. The minimum absolute atomic E-state index is 0. The standard InChI is InChI=1S/C16H23NO2.FH/c1-5-10-14(19-15(18)6-2)16(17(3)4)13-11-8-7-9-12-13;/h6-9,11-12,14,16H,2,5,10H2,1,3-4H3;1H. The van der Waals surface area contributed by atoms with Crippen molar-refractivity contribution in [3.8, 4) is 0 Å². The Balaban J connectivity index is 0.00000361. The third-order valence-corrected chi connectivity index (χ3v) is 3.06. The number of halogens is 1. The van der Waals surface area contributed by atoms with Gasteiger partial charge in [0.25, 0.3) is 0 Å². The van der Waals surface area contributed by atoms with Crippen molar-refractivity contribution in [2.24, 2.45) is 0 Å². The number of hydrogen-bond acceptors (Lipinski definition) is 3. The van der Waals surface area contributed by atoms with Gasteiger partial charge in [-0.2, -0.15) is 0 Å². The summed E-state index contributed by atoms with van der Waals surface area (Å²) in [5.41, 5.74) is 1.16. The van der Waals surface area contributed by atoms with Crippen LogP contribution < -0.4 is 0 Å². The van der Waals surface area contributed by atoms with Crippen molar-refractivity contribution in [3.63, 3.8) is 0 Å². The van der Waals surface area contributed by atoms with Gasteiger partial charge in [-0.3, -0.25) is 9.60 Å². The van der Waals surface area contributed by atoms with Crippen molar-refractivity contribution in [2.45, 2.75) is 31.9 Å². The average Bonchev–Trinajstić information content (AvgIpc) is 2.39. The first kappa shape index (κ1) is 18.3. The molecule has 0 aliphatic carbocycles. The molecule has 0 saturated heterocycles. The summed E-state index contributed by atoms with van der Waals surface area (Å²) in [6.45, 7) is 5.55. The fraction of sp³-hybridized carbons (Fsp3) is 0.438. The highest BCUT2D eigenvalue weighted by atomic mass is 19.0. The second-order valence-corrected chi connectivity index (χ2v) is 4.79. The molecule has 0 aliphatic rings. The fourth-order valence-corrected chi connectivity index (χ4v) is 2.26. The van der Waals surface area contributed by atoms with Gasteiger partial charge in [0.15, 0.2) is 0 Å². The van der Waals surface area contributed by atoms with Crippen LogP contribution in [0.4, 0.5) is 4.70 Å². The Morgan fingerprint density at radius 2 is 1.95 bits per heavy atom. The van der Waals surface area contributed by atoms with E-state index in [4.69, 9.17) is 4.74 Å². The Hall–Kier alpha value is -1.68. The Morgan fingerprint density at radius 1 is 1.35 bits per heavy atom. The van der Waals surface area contributed by atoms with Gasteiger partial charge >= 0.3 is 5.97 Å². The lowest BCUT2D eigenvalue weighted by Gasteiger charge is -2.32. The van der Waals surface area contributed by atoms with Crippen LogP contribution in [0.5, 0.6) is 0 Å². The Kier molecular flexibility index (Phi) is 8.48. The number of carbonyl (C=O) groups is 1.